The first-order valence-corrected chi connectivity index (χ1v) is 6.43. The van der Waals surface area contributed by atoms with Crippen molar-refractivity contribution in [1.82, 2.24) is 9.55 Å². The van der Waals surface area contributed by atoms with Gasteiger partial charge in [-0.25, -0.2) is 4.98 Å². The van der Waals surface area contributed by atoms with E-state index in [2.05, 4.69) is 28.8 Å². The first kappa shape index (κ1) is 12.4. The van der Waals surface area contributed by atoms with Crippen molar-refractivity contribution in [1.29, 1.82) is 0 Å². The standard InChI is InChI=1S/C16H15N3O/c1-3-7-14-15(17-2)16-18-10-13(19(16)11-20-14)12-8-5-4-6-9-12/h3-10H,2,11H2,1H3/b7-3-. The molecule has 2 heterocycles. The summed E-state index contributed by atoms with van der Waals surface area (Å²) in [5.74, 6) is 1.50. The molecule has 4 nitrogen and oxygen atoms in total. The summed E-state index contributed by atoms with van der Waals surface area (Å²) in [6.45, 7) is 5.99. The Labute approximate surface area is 117 Å². The summed E-state index contributed by atoms with van der Waals surface area (Å²) < 4.78 is 7.76. The number of ether oxygens (including phenoxy) is 1. The van der Waals surface area contributed by atoms with Crippen LogP contribution in [0.15, 0.2) is 59.4 Å². The van der Waals surface area contributed by atoms with E-state index in [1.54, 1.807) is 0 Å². The molecule has 1 aromatic heterocycles. The van der Waals surface area contributed by atoms with Crippen molar-refractivity contribution in [2.45, 2.75) is 13.7 Å². The summed E-state index contributed by atoms with van der Waals surface area (Å²) in [6, 6.07) is 10.1. The van der Waals surface area contributed by atoms with E-state index in [1.165, 1.54) is 0 Å². The van der Waals surface area contributed by atoms with Crippen LogP contribution in [-0.4, -0.2) is 16.3 Å². The molecule has 0 amide bonds. The van der Waals surface area contributed by atoms with Crippen LogP contribution < -0.4 is 0 Å². The van der Waals surface area contributed by atoms with Crippen LogP contribution in [0.5, 0.6) is 0 Å². The summed E-state index contributed by atoms with van der Waals surface area (Å²) in [5.41, 5.74) is 2.80. The van der Waals surface area contributed by atoms with Crippen LogP contribution in [0.3, 0.4) is 0 Å². The smallest absolute Gasteiger partial charge is 0.167 e. The number of hydrogen-bond donors (Lipinski definition) is 0. The molecular weight excluding hydrogens is 250 g/mol. The first-order valence-electron chi connectivity index (χ1n) is 6.43. The highest BCUT2D eigenvalue weighted by Crippen LogP contribution is 2.31. The van der Waals surface area contributed by atoms with Gasteiger partial charge in [-0.3, -0.25) is 9.56 Å². The SMILES string of the molecule is C=NC1=C(/C=C\C)OCn2c(-c3ccccc3)cnc21. The molecule has 20 heavy (non-hydrogen) atoms. The van der Waals surface area contributed by atoms with Gasteiger partial charge < -0.3 is 4.74 Å². The maximum Gasteiger partial charge on any atom is 0.167 e. The zero-order valence-electron chi connectivity index (χ0n) is 11.3. The molecule has 0 saturated heterocycles. The zero-order chi connectivity index (χ0) is 13.9. The van der Waals surface area contributed by atoms with Gasteiger partial charge in [-0.05, 0) is 25.3 Å². The topological polar surface area (TPSA) is 39.4 Å². The quantitative estimate of drug-likeness (QED) is 0.797. The molecule has 0 bridgehead atoms. The van der Waals surface area contributed by atoms with E-state index >= 15 is 0 Å². The van der Waals surface area contributed by atoms with E-state index in [1.807, 2.05) is 48.0 Å². The van der Waals surface area contributed by atoms with Crippen molar-refractivity contribution in [3.63, 3.8) is 0 Å². The normalized spacial score (nSPS) is 14.2. The molecule has 3 rings (SSSR count). The summed E-state index contributed by atoms with van der Waals surface area (Å²) >= 11 is 0. The fraction of sp³-hybridized carbons (Fsp3) is 0.125. The van der Waals surface area contributed by atoms with E-state index in [4.69, 9.17) is 4.74 Å². The van der Waals surface area contributed by atoms with Crippen LogP contribution in [0.1, 0.15) is 12.7 Å². The van der Waals surface area contributed by atoms with Crippen molar-refractivity contribution in [3.8, 4) is 11.3 Å². The second-order valence-corrected chi connectivity index (χ2v) is 4.41. The number of aromatic nitrogens is 2. The fourth-order valence-corrected chi connectivity index (χ4v) is 2.27. The Morgan fingerprint density at radius 3 is 2.85 bits per heavy atom. The van der Waals surface area contributed by atoms with E-state index in [9.17, 15) is 0 Å². The maximum absolute atomic E-state index is 5.75. The zero-order valence-corrected chi connectivity index (χ0v) is 11.3. The van der Waals surface area contributed by atoms with Gasteiger partial charge in [0, 0.05) is 0 Å². The van der Waals surface area contributed by atoms with E-state index in [-0.39, 0.29) is 0 Å². The van der Waals surface area contributed by atoms with Crippen LogP contribution in [0.25, 0.3) is 17.0 Å². The number of rotatable bonds is 3. The lowest BCUT2D eigenvalue weighted by molar-refractivity contribution is 0.147. The molecule has 0 N–H and O–H groups in total. The third-order valence-electron chi connectivity index (χ3n) is 3.20. The van der Waals surface area contributed by atoms with Gasteiger partial charge in [0.25, 0.3) is 0 Å². The Morgan fingerprint density at radius 2 is 2.15 bits per heavy atom. The Bertz CT molecular complexity index is 696. The van der Waals surface area contributed by atoms with Crippen LogP contribution in [0.2, 0.25) is 0 Å². The summed E-state index contributed by atoms with van der Waals surface area (Å²) in [7, 11) is 0. The third kappa shape index (κ3) is 1.95. The molecular formula is C16H15N3O. The summed E-state index contributed by atoms with van der Waals surface area (Å²) in [5, 5.41) is 0. The van der Waals surface area contributed by atoms with Crippen molar-refractivity contribution in [3.05, 3.63) is 60.3 Å². The second kappa shape index (κ2) is 5.17. The minimum atomic E-state index is 0.429. The van der Waals surface area contributed by atoms with Gasteiger partial charge in [0.2, 0.25) is 0 Å². The average molecular weight is 265 g/mol. The molecule has 1 aliphatic rings. The fourth-order valence-electron chi connectivity index (χ4n) is 2.27. The molecule has 0 atom stereocenters. The van der Waals surface area contributed by atoms with Gasteiger partial charge in [-0.1, -0.05) is 36.4 Å². The van der Waals surface area contributed by atoms with Crippen molar-refractivity contribution >= 4 is 12.4 Å². The van der Waals surface area contributed by atoms with E-state index < -0.39 is 0 Å². The predicted octanol–water partition coefficient (Wildman–Crippen LogP) is 3.48. The van der Waals surface area contributed by atoms with Crippen LogP contribution in [0, 0.1) is 0 Å². The minimum Gasteiger partial charge on any atom is -0.470 e. The van der Waals surface area contributed by atoms with Crippen molar-refractivity contribution in [2.24, 2.45) is 4.99 Å². The highest BCUT2D eigenvalue weighted by atomic mass is 16.5. The van der Waals surface area contributed by atoms with Gasteiger partial charge in [-0.15, -0.1) is 0 Å². The Kier molecular flexibility index (Phi) is 3.21. The van der Waals surface area contributed by atoms with E-state index in [0.717, 1.165) is 17.1 Å². The molecule has 0 saturated carbocycles. The molecule has 0 spiro atoms. The second-order valence-electron chi connectivity index (χ2n) is 4.41. The lowest BCUT2D eigenvalue weighted by Crippen LogP contribution is -2.14. The van der Waals surface area contributed by atoms with Gasteiger partial charge in [-0.2, -0.15) is 0 Å². The van der Waals surface area contributed by atoms with Gasteiger partial charge in [0.15, 0.2) is 18.3 Å². The van der Waals surface area contributed by atoms with Crippen LogP contribution >= 0.6 is 0 Å². The molecule has 4 heteroatoms. The number of allylic oxidation sites excluding steroid dienone is 2. The molecule has 100 valence electrons. The van der Waals surface area contributed by atoms with Crippen molar-refractivity contribution < 1.29 is 4.74 Å². The molecule has 1 aromatic carbocycles. The molecule has 0 radical (unpaired) electrons. The number of aliphatic imine (C=N–C) groups is 1. The molecule has 1 aliphatic heterocycles. The third-order valence-corrected chi connectivity index (χ3v) is 3.20. The number of hydrogen-bond acceptors (Lipinski definition) is 3. The molecule has 0 fully saturated rings. The first-order chi connectivity index (χ1) is 9.85. The number of fused-ring (bicyclic) bond motifs is 1. The highest BCUT2D eigenvalue weighted by Gasteiger charge is 2.22. The Morgan fingerprint density at radius 1 is 1.35 bits per heavy atom. The van der Waals surface area contributed by atoms with E-state index in [0.29, 0.717) is 18.2 Å². The van der Waals surface area contributed by atoms with Crippen LogP contribution in [-0.2, 0) is 11.5 Å². The summed E-state index contributed by atoms with van der Waals surface area (Å²) in [6.07, 6.45) is 5.64. The summed E-state index contributed by atoms with van der Waals surface area (Å²) in [4.78, 5) is 8.54. The van der Waals surface area contributed by atoms with Gasteiger partial charge in [0.1, 0.15) is 5.70 Å². The number of nitrogens with zero attached hydrogens (tertiary/aromatic N) is 3. The molecule has 2 aromatic rings. The maximum atomic E-state index is 5.75. The predicted molar refractivity (Wildman–Crippen MR) is 80.0 cm³/mol. The highest BCUT2D eigenvalue weighted by molar-refractivity contribution is 5.71. The number of benzene rings is 1. The van der Waals surface area contributed by atoms with Gasteiger partial charge in [0.05, 0.1) is 11.9 Å². The van der Waals surface area contributed by atoms with Crippen LogP contribution in [0.4, 0.5) is 0 Å². The van der Waals surface area contributed by atoms with Crippen molar-refractivity contribution in [2.75, 3.05) is 0 Å². The number of imidazole rings is 1. The Balaban J connectivity index is 2.13. The average Bonchev–Trinajstić information content (AvgIpc) is 2.92. The minimum absolute atomic E-state index is 0.429. The largest absolute Gasteiger partial charge is 0.470 e. The lowest BCUT2D eigenvalue weighted by atomic mass is 10.2. The Hall–Kier alpha value is -2.62. The monoisotopic (exact) mass is 265 g/mol. The lowest BCUT2D eigenvalue weighted by Gasteiger charge is -2.20. The molecule has 0 unspecified atom stereocenters. The van der Waals surface area contributed by atoms with Gasteiger partial charge >= 0.3 is 0 Å². The molecule has 0 aliphatic carbocycles.